The van der Waals surface area contributed by atoms with Crippen LogP contribution in [0.1, 0.15) is 41.8 Å². The van der Waals surface area contributed by atoms with E-state index < -0.39 is 4.92 Å². The molecular weight excluding hydrogens is 290 g/mol. The normalized spacial score (nSPS) is 16.4. The molecule has 116 valence electrons. The van der Waals surface area contributed by atoms with Crippen LogP contribution in [0.25, 0.3) is 0 Å². The summed E-state index contributed by atoms with van der Waals surface area (Å²) in [5.74, 6) is -0.219. The van der Waals surface area contributed by atoms with Crippen LogP contribution in [0.4, 0.5) is 5.00 Å². The van der Waals surface area contributed by atoms with Crippen molar-refractivity contribution >= 4 is 22.2 Å². The summed E-state index contributed by atoms with van der Waals surface area (Å²) >= 11 is 0.916. The first-order valence-corrected chi connectivity index (χ1v) is 8.23. The first kappa shape index (κ1) is 15.9. The van der Waals surface area contributed by atoms with Crippen molar-refractivity contribution in [2.45, 2.75) is 32.1 Å². The molecule has 1 aromatic heterocycles. The number of nitrogens with zero attached hydrogens (tertiary/aromatic N) is 2. The lowest BCUT2D eigenvalue weighted by molar-refractivity contribution is -0.380. The Kier molecular flexibility index (Phi) is 6.13. The number of rotatable bonds is 6. The molecule has 1 saturated heterocycles. The number of nitro groups is 1. The van der Waals surface area contributed by atoms with Gasteiger partial charge in [-0.2, -0.15) is 0 Å². The monoisotopic (exact) mass is 311 g/mol. The van der Waals surface area contributed by atoms with Crippen LogP contribution in [0.15, 0.2) is 12.1 Å². The molecule has 0 aliphatic carbocycles. The van der Waals surface area contributed by atoms with Gasteiger partial charge < -0.3 is 10.2 Å². The van der Waals surface area contributed by atoms with E-state index in [0.29, 0.717) is 11.4 Å². The van der Waals surface area contributed by atoms with Gasteiger partial charge >= 0.3 is 5.00 Å². The fourth-order valence-corrected chi connectivity index (χ4v) is 3.24. The van der Waals surface area contributed by atoms with Crippen molar-refractivity contribution in [3.63, 3.8) is 0 Å². The minimum Gasteiger partial charge on any atom is -0.351 e. The second-order valence-corrected chi connectivity index (χ2v) is 6.32. The van der Waals surface area contributed by atoms with Gasteiger partial charge in [-0.1, -0.05) is 24.2 Å². The zero-order valence-electron chi connectivity index (χ0n) is 12.0. The summed E-state index contributed by atoms with van der Waals surface area (Å²) in [5, 5.41) is 13.4. The second kappa shape index (κ2) is 8.09. The Balaban J connectivity index is 1.67. The van der Waals surface area contributed by atoms with Gasteiger partial charge in [-0.25, -0.2) is 0 Å². The summed E-state index contributed by atoms with van der Waals surface area (Å²) in [5.41, 5.74) is 0. The van der Waals surface area contributed by atoms with Crippen molar-refractivity contribution in [3.05, 3.63) is 27.1 Å². The van der Waals surface area contributed by atoms with E-state index in [9.17, 15) is 14.9 Å². The summed E-state index contributed by atoms with van der Waals surface area (Å²) in [6.07, 6.45) is 6.10. The maximum atomic E-state index is 11.8. The van der Waals surface area contributed by atoms with Crippen LogP contribution in [0, 0.1) is 10.1 Å². The van der Waals surface area contributed by atoms with Crippen LogP contribution in [0.5, 0.6) is 0 Å². The minimum atomic E-state index is -0.471. The van der Waals surface area contributed by atoms with Gasteiger partial charge in [0.05, 0.1) is 9.80 Å². The summed E-state index contributed by atoms with van der Waals surface area (Å²) in [6, 6.07) is 2.88. The second-order valence-electron chi connectivity index (χ2n) is 5.26. The Morgan fingerprint density at radius 3 is 2.62 bits per heavy atom. The van der Waals surface area contributed by atoms with Gasteiger partial charge in [0.15, 0.2) is 0 Å². The van der Waals surface area contributed by atoms with Crippen LogP contribution < -0.4 is 5.32 Å². The van der Waals surface area contributed by atoms with Crippen LogP contribution in [0.2, 0.25) is 0 Å². The number of nitrogens with one attached hydrogen (secondary N) is 1. The molecule has 0 unspecified atom stereocenters. The van der Waals surface area contributed by atoms with E-state index in [4.69, 9.17) is 0 Å². The number of carbonyl (C=O) groups is 1. The third-order valence-corrected chi connectivity index (χ3v) is 4.67. The Morgan fingerprint density at radius 2 is 2.00 bits per heavy atom. The van der Waals surface area contributed by atoms with Crippen molar-refractivity contribution in [1.82, 2.24) is 10.2 Å². The molecule has 0 atom stereocenters. The molecule has 2 rings (SSSR count). The summed E-state index contributed by atoms with van der Waals surface area (Å²) in [7, 11) is 0. The van der Waals surface area contributed by atoms with Crippen LogP contribution in [0.3, 0.4) is 0 Å². The average Bonchev–Trinajstić information content (AvgIpc) is 2.82. The molecular formula is C14H21N3O3S. The minimum absolute atomic E-state index is 0.00437. The molecule has 0 saturated carbocycles. The zero-order chi connectivity index (χ0) is 15.1. The quantitative estimate of drug-likeness (QED) is 0.498. The highest BCUT2D eigenvalue weighted by Gasteiger charge is 2.15. The maximum absolute atomic E-state index is 11.8. The van der Waals surface area contributed by atoms with Crippen LogP contribution in [-0.4, -0.2) is 41.9 Å². The lowest BCUT2D eigenvalue weighted by Crippen LogP contribution is -2.30. The molecule has 0 radical (unpaired) electrons. The average molecular weight is 311 g/mol. The molecule has 1 aliphatic rings. The number of amides is 1. The molecule has 1 aliphatic heterocycles. The third kappa shape index (κ3) is 5.09. The van der Waals surface area contributed by atoms with E-state index >= 15 is 0 Å². The highest BCUT2D eigenvalue weighted by atomic mass is 32.1. The molecule has 21 heavy (non-hydrogen) atoms. The van der Waals surface area contributed by atoms with E-state index in [1.54, 1.807) is 0 Å². The van der Waals surface area contributed by atoms with E-state index in [1.807, 2.05) is 0 Å². The Bertz CT molecular complexity index is 482. The topological polar surface area (TPSA) is 75.5 Å². The van der Waals surface area contributed by atoms with E-state index in [1.165, 1.54) is 37.8 Å². The Labute approximate surface area is 128 Å². The van der Waals surface area contributed by atoms with Crippen molar-refractivity contribution < 1.29 is 9.72 Å². The first-order chi connectivity index (χ1) is 10.2. The highest BCUT2D eigenvalue weighted by molar-refractivity contribution is 7.17. The molecule has 0 bridgehead atoms. The molecule has 1 N–H and O–H groups in total. The number of likely N-dealkylation sites (tertiary alicyclic amines) is 1. The van der Waals surface area contributed by atoms with Gasteiger partial charge in [0.25, 0.3) is 5.91 Å². The molecule has 1 aromatic rings. The molecule has 2 heterocycles. The smallest absolute Gasteiger partial charge is 0.324 e. The largest absolute Gasteiger partial charge is 0.351 e. The molecule has 6 nitrogen and oxygen atoms in total. The number of carbonyl (C=O) groups excluding carboxylic acids is 1. The fourth-order valence-electron chi connectivity index (χ4n) is 2.50. The van der Waals surface area contributed by atoms with Gasteiger partial charge in [-0.3, -0.25) is 14.9 Å². The summed E-state index contributed by atoms with van der Waals surface area (Å²) in [4.78, 5) is 24.8. The number of hydrogen-bond donors (Lipinski definition) is 1. The first-order valence-electron chi connectivity index (χ1n) is 7.41. The summed E-state index contributed by atoms with van der Waals surface area (Å²) < 4.78 is 0. The Hall–Kier alpha value is -1.47. The van der Waals surface area contributed by atoms with Gasteiger partial charge in [0, 0.05) is 12.6 Å². The van der Waals surface area contributed by atoms with Crippen molar-refractivity contribution in [2.24, 2.45) is 0 Å². The molecule has 7 heteroatoms. The predicted molar refractivity (Wildman–Crippen MR) is 82.8 cm³/mol. The third-order valence-electron chi connectivity index (χ3n) is 3.63. The lowest BCUT2D eigenvalue weighted by Gasteiger charge is -2.19. The highest BCUT2D eigenvalue weighted by Crippen LogP contribution is 2.23. The Morgan fingerprint density at radius 1 is 1.29 bits per heavy atom. The predicted octanol–water partition coefficient (Wildman–Crippen LogP) is 2.65. The maximum Gasteiger partial charge on any atom is 0.324 e. The van der Waals surface area contributed by atoms with Crippen LogP contribution >= 0.6 is 11.3 Å². The number of thiophene rings is 1. The molecule has 1 amide bonds. The van der Waals surface area contributed by atoms with Gasteiger partial charge in [0.1, 0.15) is 0 Å². The van der Waals surface area contributed by atoms with Crippen molar-refractivity contribution in [3.8, 4) is 0 Å². The fraction of sp³-hybridized carbons (Fsp3) is 0.643. The standard InChI is InChI=1S/C14H21N3O3S/c18-14(12-6-7-13(21-12)17(19)20)15-8-5-11-16-9-3-1-2-4-10-16/h6-7H,1-5,8-11H2,(H,15,18). The SMILES string of the molecule is O=C(NCCCN1CCCCCC1)c1ccc([N+](=O)[O-])s1. The van der Waals surface area contributed by atoms with Crippen LogP contribution in [-0.2, 0) is 0 Å². The molecule has 1 fully saturated rings. The van der Waals surface area contributed by atoms with E-state index in [0.717, 1.165) is 37.4 Å². The van der Waals surface area contributed by atoms with Gasteiger partial charge in [0.2, 0.25) is 0 Å². The van der Waals surface area contributed by atoms with Crippen molar-refractivity contribution in [1.29, 1.82) is 0 Å². The number of hydrogen-bond acceptors (Lipinski definition) is 5. The zero-order valence-corrected chi connectivity index (χ0v) is 12.9. The van der Waals surface area contributed by atoms with Crippen molar-refractivity contribution in [2.75, 3.05) is 26.2 Å². The van der Waals surface area contributed by atoms with E-state index in [2.05, 4.69) is 10.2 Å². The summed E-state index contributed by atoms with van der Waals surface area (Å²) in [6.45, 7) is 3.93. The van der Waals surface area contributed by atoms with Gasteiger partial charge in [-0.15, -0.1) is 0 Å². The van der Waals surface area contributed by atoms with E-state index in [-0.39, 0.29) is 10.9 Å². The van der Waals surface area contributed by atoms with Gasteiger partial charge in [-0.05, 0) is 45.0 Å². The lowest BCUT2D eigenvalue weighted by atomic mass is 10.2. The molecule has 0 aromatic carbocycles. The molecule has 0 spiro atoms.